The van der Waals surface area contributed by atoms with E-state index in [1.165, 1.54) is 0 Å². The van der Waals surface area contributed by atoms with Gasteiger partial charge in [0.05, 0.1) is 18.7 Å². The van der Waals surface area contributed by atoms with Gasteiger partial charge in [0.2, 0.25) is 0 Å². The van der Waals surface area contributed by atoms with Crippen LogP contribution in [0.5, 0.6) is 0 Å². The van der Waals surface area contributed by atoms with Gasteiger partial charge in [-0.05, 0) is 27.3 Å². The SMILES string of the molecule is CCN1CCN([C@@H]2CN(C(=O)OC(C)(C)C)C[C@H]2O)CC1. The summed E-state index contributed by atoms with van der Waals surface area (Å²) in [6, 6.07) is 0.0384. The van der Waals surface area contributed by atoms with E-state index >= 15 is 0 Å². The molecule has 1 amide bonds. The average Bonchev–Trinajstić information content (AvgIpc) is 2.79. The molecule has 0 aromatic heterocycles. The molecule has 2 atom stereocenters. The fourth-order valence-electron chi connectivity index (χ4n) is 3.02. The Balaban J connectivity index is 1.88. The van der Waals surface area contributed by atoms with Gasteiger partial charge < -0.3 is 19.6 Å². The first-order chi connectivity index (χ1) is 9.80. The number of hydrogen-bond donors (Lipinski definition) is 1. The lowest BCUT2D eigenvalue weighted by molar-refractivity contribution is 0.0267. The van der Waals surface area contributed by atoms with Crippen LogP contribution in [0.3, 0.4) is 0 Å². The molecule has 2 fully saturated rings. The van der Waals surface area contributed by atoms with Crippen molar-refractivity contribution in [1.82, 2.24) is 14.7 Å². The lowest BCUT2D eigenvalue weighted by Gasteiger charge is -2.38. The fourth-order valence-corrected chi connectivity index (χ4v) is 3.02. The molecule has 0 unspecified atom stereocenters. The molecular weight excluding hydrogens is 270 g/mol. The van der Waals surface area contributed by atoms with Gasteiger partial charge in [-0.25, -0.2) is 4.79 Å². The molecule has 0 bridgehead atoms. The average molecular weight is 299 g/mol. The summed E-state index contributed by atoms with van der Waals surface area (Å²) < 4.78 is 5.39. The van der Waals surface area contributed by atoms with Crippen molar-refractivity contribution in [3.63, 3.8) is 0 Å². The lowest BCUT2D eigenvalue weighted by atomic mass is 10.1. The molecule has 0 aromatic carbocycles. The highest BCUT2D eigenvalue weighted by Gasteiger charge is 2.39. The van der Waals surface area contributed by atoms with Crippen LogP contribution < -0.4 is 0 Å². The van der Waals surface area contributed by atoms with E-state index in [1.807, 2.05) is 20.8 Å². The van der Waals surface area contributed by atoms with Crippen molar-refractivity contribution in [2.45, 2.75) is 45.4 Å². The molecule has 0 aromatic rings. The molecule has 0 aliphatic carbocycles. The number of aliphatic hydroxyl groups is 1. The number of likely N-dealkylation sites (tertiary alicyclic amines) is 1. The van der Waals surface area contributed by atoms with Gasteiger partial charge in [-0.1, -0.05) is 6.92 Å². The van der Waals surface area contributed by atoms with Crippen LogP contribution in [-0.4, -0.2) is 89.5 Å². The molecule has 122 valence electrons. The van der Waals surface area contributed by atoms with Crippen LogP contribution in [0.25, 0.3) is 0 Å². The smallest absolute Gasteiger partial charge is 0.410 e. The normalized spacial score (nSPS) is 28.9. The maximum atomic E-state index is 12.1. The third-order valence-corrected chi connectivity index (χ3v) is 4.23. The molecule has 0 saturated carbocycles. The Morgan fingerprint density at radius 3 is 2.33 bits per heavy atom. The molecule has 0 spiro atoms. The third-order valence-electron chi connectivity index (χ3n) is 4.23. The molecule has 21 heavy (non-hydrogen) atoms. The summed E-state index contributed by atoms with van der Waals surface area (Å²) in [7, 11) is 0. The van der Waals surface area contributed by atoms with Crippen LogP contribution in [0.4, 0.5) is 4.79 Å². The number of ether oxygens (including phenoxy) is 1. The predicted octanol–water partition coefficient (Wildman–Crippen LogP) is 0.604. The summed E-state index contributed by atoms with van der Waals surface area (Å²) >= 11 is 0. The topological polar surface area (TPSA) is 56.2 Å². The van der Waals surface area contributed by atoms with Crippen molar-refractivity contribution >= 4 is 6.09 Å². The molecule has 2 aliphatic heterocycles. The molecule has 2 heterocycles. The minimum atomic E-state index is -0.493. The first kappa shape index (κ1) is 16.5. The van der Waals surface area contributed by atoms with E-state index in [-0.39, 0.29) is 12.1 Å². The van der Waals surface area contributed by atoms with Gasteiger partial charge in [0, 0.05) is 32.7 Å². The van der Waals surface area contributed by atoms with Gasteiger partial charge >= 0.3 is 6.09 Å². The zero-order valence-corrected chi connectivity index (χ0v) is 13.7. The van der Waals surface area contributed by atoms with Crippen LogP contribution >= 0.6 is 0 Å². The molecule has 0 radical (unpaired) electrons. The summed E-state index contributed by atoms with van der Waals surface area (Å²) in [4.78, 5) is 18.4. The first-order valence-corrected chi connectivity index (χ1v) is 7.92. The van der Waals surface area contributed by atoms with E-state index in [1.54, 1.807) is 4.90 Å². The van der Waals surface area contributed by atoms with E-state index < -0.39 is 11.7 Å². The van der Waals surface area contributed by atoms with Crippen molar-refractivity contribution in [2.24, 2.45) is 0 Å². The van der Waals surface area contributed by atoms with Gasteiger partial charge in [0.15, 0.2) is 0 Å². The van der Waals surface area contributed by atoms with Crippen molar-refractivity contribution in [3.8, 4) is 0 Å². The van der Waals surface area contributed by atoms with E-state index in [0.717, 1.165) is 32.7 Å². The zero-order valence-electron chi connectivity index (χ0n) is 13.7. The summed E-state index contributed by atoms with van der Waals surface area (Å²) in [6.45, 7) is 13.7. The number of amides is 1. The Kier molecular flexibility index (Phi) is 5.11. The summed E-state index contributed by atoms with van der Waals surface area (Å²) in [6.07, 6.45) is -0.804. The van der Waals surface area contributed by atoms with Gasteiger partial charge in [-0.15, -0.1) is 0 Å². The quantitative estimate of drug-likeness (QED) is 0.809. The monoisotopic (exact) mass is 299 g/mol. The summed E-state index contributed by atoms with van der Waals surface area (Å²) in [5.41, 5.74) is -0.493. The van der Waals surface area contributed by atoms with E-state index in [9.17, 15) is 9.90 Å². The summed E-state index contributed by atoms with van der Waals surface area (Å²) in [5.74, 6) is 0. The van der Waals surface area contributed by atoms with Gasteiger partial charge in [0.25, 0.3) is 0 Å². The number of piperazine rings is 1. The Labute approximate surface area is 127 Å². The number of carbonyl (C=O) groups is 1. The number of hydrogen-bond acceptors (Lipinski definition) is 5. The third kappa shape index (κ3) is 4.31. The first-order valence-electron chi connectivity index (χ1n) is 7.92. The summed E-state index contributed by atoms with van der Waals surface area (Å²) in [5, 5.41) is 10.3. The van der Waals surface area contributed by atoms with Crippen molar-refractivity contribution in [3.05, 3.63) is 0 Å². The Morgan fingerprint density at radius 2 is 1.81 bits per heavy atom. The van der Waals surface area contributed by atoms with Gasteiger partial charge in [-0.3, -0.25) is 4.90 Å². The van der Waals surface area contributed by atoms with E-state index in [0.29, 0.717) is 13.1 Å². The molecule has 2 saturated heterocycles. The number of β-amino-alcohol motifs (C(OH)–C–C–N with tert-alkyl or cyclic N) is 1. The highest BCUT2D eigenvalue weighted by atomic mass is 16.6. The molecule has 1 N–H and O–H groups in total. The predicted molar refractivity (Wildman–Crippen MR) is 81.3 cm³/mol. The van der Waals surface area contributed by atoms with Gasteiger partial charge in [-0.2, -0.15) is 0 Å². The minimum absolute atomic E-state index is 0.0384. The van der Waals surface area contributed by atoms with Gasteiger partial charge in [0.1, 0.15) is 5.60 Å². The molecule has 6 nitrogen and oxygen atoms in total. The van der Waals surface area contributed by atoms with E-state index in [2.05, 4.69) is 16.7 Å². The number of carbonyl (C=O) groups excluding carboxylic acids is 1. The zero-order chi connectivity index (χ0) is 15.6. The second kappa shape index (κ2) is 6.50. The van der Waals surface area contributed by atoms with Crippen LogP contribution in [-0.2, 0) is 4.74 Å². The number of aliphatic hydroxyl groups excluding tert-OH is 1. The second-order valence-corrected chi connectivity index (χ2v) is 6.99. The Hall–Kier alpha value is -0.850. The minimum Gasteiger partial charge on any atom is -0.444 e. The van der Waals surface area contributed by atoms with E-state index in [4.69, 9.17) is 4.74 Å². The van der Waals surface area contributed by atoms with Crippen LogP contribution in [0, 0.1) is 0 Å². The van der Waals surface area contributed by atoms with Crippen LogP contribution in [0.15, 0.2) is 0 Å². The molecular formula is C15H29N3O3. The van der Waals surface area contributed by atoms with Crippen LogP contribution in [0.1, 0.15) is 27.7 Å². The standard InChI is InChI=1S/C15H29N3O3/c1-5-16-6-8-17(9-7-16)12-10-18(11-13(12)19)14(20)21-15(2,3)4/h12-13,19H,5-11H2,1-4H3/t12-,13-/m1/s1. The molecule has 6 heteroatoms. The number of rotatable bonds is 2. The Morgan fingerprint density at radius 1 is 1.19 bits per heavy atom. The Bertz CT molecular complexity index is 362. The van der Waals surface area contributed by atoms with Crippen molar-refractivity contribution in [2.75, 3.05) is 45.8 Å². The van der Waals surface area contributed by atoms with Crippen molar-refractivity contribution < 1.29 is 14.6 Å². The highest BCUT2D eigenvalue weighted by Crippen LogP contribution is 2.20. The lowest BCUT2D eigenvalue weighted by Crippen LogP contribution is -2.53. The maximum absolute atomic E-state index is 12.1. The number of nitrogens with zero attached hydrogens (tertiary/aromatic N) is 3. The van der Waals surface area contributed by atoms with Crippen molar-refractivity contribution in [1.29, 1.82) is 0 Å². The second-order valence-electron chi connectivity index (χ2n) is 6.99. The number of likely N-dealkylation sites (N-methyl/N-ethyl adjacent to an activating group) is 1. The highest BCUT2D eigenvalue weighted by molar-refractivity contribution is 5.68. The molecule has 2 rings (SSSR count). The fraction of sp³-hybridized carbons (Fsp3) is 0.933. The maximum Gasteiger partial charge on any atom is 0.410 e. The molecule has 2 aliphatic rings. The largest absolute Gasteiger partial charge is 0.444 e. The van der Waals surface area contributed by atoms with Crippen LogP contribution in [0.2, 0.25) is 0 Å².